The van der Waals surface area contributed by atoms with E-state index in [2.05, 4.69) is 0 Å². The van der Waals surface area contributed by atoms with Gasteiger partial charge in [0.15, 0.2) is 5.78 Å². The van der Waals surface area contributed by atoms with Gasteiger partial charge in [-0.3, -0.25) is 9.59 Å². The molecule has 1 aromatic heterocycles. The predicted octanol–water partition coefficient (Wildman–Crippen LogP) is 2.22. The topological polar surface area (TPSA) is 39.1 Å². The molecule has 0 fully saturated rings. The molecular weight excluding hydrogens is 202 g/mol. The maximum Gasteiger partial charge on any atom is 0.261 e. The fraction of sp³-hybridized carbons (Fsp3) is 0.231. The summed E-state index contributed by atoms with van der Waals surface area (Å²) in [5.74, 6) is -0.182. The van der Waals surface area contributed by atoms with Gasteiger partial charge in [0.25, 0.3) is 5.56 Å². The smallest absolute Gasteiger partial charge is 0.261 e. The molecule has 0 amide bonds. The van der Waals surface area contributed by atoms with Crippen molar-refractivity contribution in [2.75, 3.05) is 0 Å². The van der Waals surface area contributed by atoms with Crippen molar-refractivity contribution in [3.63, 3.8) is 0 Å². The van der Waals surface area contributed by atoms with E-state index in [9.17, 15) is 9.59 Å². The summed E-state index contributed by atoms with van der Waals surface area (Å²) in [6.45, 7) is 3.89. The number of pyridine rings is 1. The number of fused-ring (bicyclic) bond motifs is 1. The molecule has 0 bridgehead atoms. The van der Waals surface area contributed by atoms with Crippen molar-refractivity contribution in [1.82, 2.24) is 4.57 Å². The van der Waals surface area contributed by atoms with Crippen LogP contribution in [0.2, 0.25) is 0 Å². The van der Waals surface area contributed by atoms with Crippen molar-refractivity contribution in [3.8, 4) is 0 Å². The summed E-state index contributed by atoms with van der Waals surface area (Å²) in [7, 11) is 0. The summed E-state index contributed by atoms with van der Waals surface area (Å²) >= 11 is 0. The highest BCUT2D eigenvalue weighted by molar-refractivity contribution is 5.97. The zero-order valence-corrected chi connectivity index (χ0v) is 9.36. The van der Waals surface area contributed by atoms with Gasteiger partial charge in [-0.15, -0.1) is 0 Å². The number of hydrogen-bond donors (Lipinski definition) is 0. The SMILES string of the molecule is CCn1c(=O)c(C(C)=O)cc2ccccc21. The minimum atomic E-state index is -0.200. The van der Waals surface area contributed by atoms with Gasteiger partial charge in [-0.05, 0) is 31.4 Å². The molecule has 0 aliphatic carbocycles. The average Bonchev–Trinajstić information content (AvgIpc) is 2.28. The summed E-state index contributed by atoms with van der Waals surface area (Å²) in [6.07, 6.45) is 0. The Kier molecular flexibility index (Phi) is 2.60. The van der Waals surface area contributed by atoms with Gasteiger partial charge in [0, 0.05) is 6.54 Å². The Morgan fingerprint density at radius 3 is 2.62 bits per heavy atom. The number of rotatable bonds is 2. The lowest BCUT2D eigenvalue weighted by molar-refractivity contribution is 0.101. The first-order chi connectivity index (χ1) is 7.65. The van der Waals surface area contributed by atoms with Crippen LogP contribution in [0.15, 0.2) is 35.1 Å². The van der Waals surface area contributed by atoms with Gasteiger partial charge in [0.2, 0.25) is 0 Å². The third-order valence-electron chi connectivity index (χ3n) is 2.70. The highest BCUT2D eigenvalue weighted by Gasteiger charge is 2.10. The monoisotopic (exact) mass is 215 g/mol. The number of carbonyl (C=O) groups excluding carboxylic acids is 1. The lowest BCUT2D eigenvalue weighted by Crippen LogP contribution is -2.25. The first-order valence-electron chi connectivity index (χ1n) is 5.28. The Balaban J connectivity index is 2.94. The summed E-state index contributed by atoms with van der Waals surface area (Å²) in [4.78, 5) is 23.4. The Morgan fingerprint density at radius 1 is 1.31 bits per heavy atom. The summed E-state index contributed by atoms with van der Waals surface area (Å²) < 4.78 is 1.63. The summed E-state index contributed by atoms with van der Waals surface area (Å²) in [5.41, 5.74) is 0.939. The normalized spacial score (nSPS) is 10.6. The first kappa shape index (κ1) is 10.6. The molecule has 1 heterocycles. The largest absolute Gasteiger partial charge is 0.308 e. The summed E-state index contributed by atoms with van der Waals surface area (Å²) in [5, 5.41) is 0.925. The predicted molar refractivity (Wildman–Crippen MR) is 63.9 cm³/mol. The molecule has 0 unspecified atom stereocenters. The lowest BCUT2D eigenvalue weighted by Gasteiger charge is -2.09. The first-order valence-corrected chi connectivity index (χ1v) is 5.28. The van der Waals surface area contributed by atoms with E-state index in [0.29, 0.717) is 6.54 Å². The van der Waals surface area contributed by atoms with Crippen LogP contribution >= 0.6 is 0 Å². The quantitative estimate of drug-likeness (QED) is 0.720. The van der Waals surface area contributed by atoms with Crippen molar-refractivity contribution in [1.29, 1.82) is 0 Å². The zero-order valence-electron chi connectivity index (χ0n) is 9.36. The maximum atomic E-state index is 12.0. The molecule has 0 saturated heterocycles. The third-order valence-corrected chi connectivity index (χ3v) is 2.70. The Morgan fingerprint density at radius 2 is 2.00 bits per heavy atom. The van der Waals surface area contributed by atoms with Gasteiger partial charge in [-0.1, -0.05) is 18.2 Å². The molecule has 3 nitrogen and oxygen atoms in total. The Hall–Kier alpha value is -1.90. The van der Waals surface area contributed by atoms with E-state index >= 15 is 0 Å². The second-order valence-electron chi connectivity index (χ2n) is 3.72. The molecule has 2 rings (SSSR count). The maximum absolute atomic E-state index is 12.0. The van der Waals surface area contributed by atoms with E-state index in [-0.39, 0.29) is 16.9 Å². The number of para-hydroxylation sites is 1. The lowest BCUT2D eigenvalue weighted by atomic mass is 10.1. The number of carbonyl (C=O) groups is 1. The molecule has 0 N–H and O–H groups in total. The fourth-order valence-electron chi connectivity index (χ4n) is 1.89. The van der Waals surface area contributed by atoms with Crippen molar-refractivity contribution >= 4 is 16.7 Å². The second-order valence-corrected chi connectivity index (χ2v) is 3.72. The van der Waals surface area contributed by atoms with Crippen LogP contribution in [0.4, 0.5) is 0 Å². The zero-order chi connectivity index (χ0) is 11.7. The molecule has 0 radical (unpaired) electrons. The minimum absolute atomic E-state index is 0.182. The van der Waals surface area contributed by atoms with Crippen LogP contribution in [0.3, 0.4) is 0 Å². The van der Waals surface area contributed by atoms with E-state index in [0.717, 1.165) is 10.9 Å². The van der Waals surface area contributed by atoms with Crippen LogP contribution in [0.5, 0.6) is 0 Å². The highest BCUT2D eigenvalue weighted by atomic mass is 16.1. The van der Waals surface area contributed by atoms with Crippen LogP contribution in [-0.4, -0.2) is 10.4 Å². The highest BCUT2D eigenvalue weighted by Crippen LogP contribution is 2.13. The molecular formula is C13H13NO2. The Labute approximate surface area is 93.3 Å². The van der Waals surface area contributed by atoms with Gasteiger partial charge < -0.3 is 4.57 Å². The van der Waals surface area contributed by atoms with Crippen LogP contribution in [0, 0.1) is 0 Å². The van der Waals surface area contributed by atoms with Crippen LogP contribution in [0.1, 0.15) is 24.2 Å². The van der Waals surface area contributed by atoms with E-state index in [4.69, 9.17) is 0 Å². The fourth-order valence-corrected chi connectivity index (χ4v) is 1.89. The van der Waals surface area contributed by atoms with Gasteiger partial charge in [0.05, 0.1) is 11.1 Å². The van der Waals surface area contributed by atoms with Gasteiger partial charge in [-0.25, -0.2) is 0 Å². The van der Waals surface area contributed by atoms with Crippen LogP contribution < -0.4 is 5.56 Å². The van der Waals surface area contributed by atoms with Gasteiger partial charge >= 0.3 is 0 Å². The number of aromatic nitrogens is 1. The summed E-state index contributed by atoms with van der Waals surface area (Å²) in [6, 6.07) is 9.27. The van der Waals surface area contributed by atoms with Gasteiger partial charge in [0.1, 0.15) is 0 Å². The number of hydrogen-bond acceptors (Lipinski definition) is 2. The molecule has 0 spiro atoms. The minimum Gasteiger partial charge on any atom is -0.308 e. The van der Waals surface area contributed by atoms with Crippen LogP contribution in [0.25, 0.3) is 10.9 Å². The average molecular weight is 215 g/mol. The third kappa shape index (κ3) is 1.54. The molecule has 16 heavy (non-hydrogen) atoms. The number of ketones is 1. The molecule has 82 valence electrons. The number of Topliss-reactive ketones (excluding diaryl/α,β-unsaturated/α-hetero) is 1. The van der Waals surface area contributed by atoms with Crippen molar-refractivity contribution in [3.05, 3.63) is 46.2 Å². The standard InChI is InChI=1S/C13H13NO2/c1-3-14-12-7-5-4-6-10(12)8-11(9(2)15)13(14)16/h4-8H,3H2,1-2H3. The van der Waals surface area contributed by atoms with Crippen LogP contribution in [-0.2, 0) is 6.54 Å². The van der Waals surface area contributed by atoms with Gasteiger partial charge in [-0.2, -0.15) is 0 Å². The molecule has 0 aliphatic heterocycles. The number of aryl methyl sites for hydroxylation is 1. The molecule has 3 heteroatoms. The number of nitrogens with zero attached hydrogens (tertiary/aromatic N) is 1. The molecule has 2 aromatic rings. The van der Waals surface area contributed by atoms with Crippen molar-refractivity contribution in [2.24, 2.45) is 0 Å². The van der Waals surface area contributed by atoms with E-state index < -0.39 is 0 Å². The molecule has 0 saturated carbocycles. The van der Waals surface area contributed by atoms with Crippen molar-refractivity contribution in [2.45, 2.75) is 20.4 Å². The second kappa shape index (κ2) is 3.93. The van der Waals surface area contributed by atoms with Crippen molar-refractivity contribution < 1.29 is 4.79 Å². The molecule has 0 atom stereocenters. The van der Waals surface area contributed by atoms with E-state index in [1.54, 1.807) is 10.6 Å². The molecule has 0 aliphatic rings. The Bertz CT molecular complexity index is 611. The molecule has 1 aromatic carbocycles. The van der Waals surface area contributed by atoms with E-state index in [1.165, 1.54) is 6.92 Å². The number of benzene rings is 1. The van der Waals surface area contributed by atoms with E-state index in [1.807, 2.05) is 31.2 Å².